The van der Waals surface area contributed by atoms with Crippen molar-refractivity contribution in [1.29, 1.82) is 0 Å². The van der Waals surface area contributed by atoms with Gasteiger partial charge in [0.15, 0.2) is 5.41 Å². The van der Waals surface area contributed by atoms with Crippen LogP contribution in [0.15, 0.2) is 0 Å². The van der Waals surface area contributed by atoms with E-state index in [4.69, 9.17) is 0 Å². The minimum absolute atomic E-state index is 0.273. The minimum atomic E-state index is -4.75. The fraction of sp³-hybridized carbons (Fsp3) is 0.857. The van der Waals surface area contributed by atoms with Crippen LogP contribution in [0.5, 0.6) is 0 Å². The van der Waals surface area contributed by atoms with Crippen molar-refractivity contribution in [3.05, 3.63) is 0 Å². The van der Waals surface area contributed by atoms with Crippen LogP contribution in [0.25, 0.3) is 0 Å². The van der Waals surface area contributed by atoms with Crippen LogP contribution in [0, 0.1) is 5.41 Å². The van der Waals surface area contributed by atoms with E-state index < -0.39 is 23.7 Å². The van der Waals surface area contributed by atoms with E-state index in [0.29, 0.717) is 0 Å². The third-order valence-electron chi connectivity index (χ3n) is 2.50. The van der Waals surface area contributed by atoms with E-state index >= 15 is 0 Å². The Morgan fingerprint density at radius 2 is 2.00 bits per heavy atom. The summed E-state index contributed by atoms with van der Waals surface area (Å²) in [5.74, 6) is 0. The molecule has 70 valence electrons. The predicted octanol–water partition coefficient (Wildman–Crippen LogP) is 2.26. The zero-order valence-corrected chi connectivity index (χ0v) is 6.41. The summed E-state index contributed by atoms with van der Waals surface area (Å²) < 4.78 is 49.4. The molecule has 0 amide bonds. The number of halogens is 4. The van der Waals surface area contributed by atoms with Crippen LogP contribution < -0.4 is 0 Å². The highest BCUT2D eigenvalue weighted by molar-refractivity contribution is 5.69. The fourth-order valence-electron chi connectivity index (χ4n) is 1.41. The van der Waals surface area contributed by atoms with E-state index in [1.807, 2.05) is 0 Å². The average Bonchev–Trinajstić information content (AvgIpc) is 2.58. The first-order valence-electron chi connectivity index (χ1n) is 3.55. The molecule has 0 spiro atoms. The van der Waals surface area contributed by atoms with Gasteiger partial charge in [0.2, 0.25) is 0 Å². The van der Waals surface area contributed by atoms with Gasteiger partial charge in [-0.05, 0) is 6.42 Å². The van der Waals surface area contributed by atoms with Gasteiger partial charge in [0.25, 0.3) is 0 Å². The van der Waals surface area contributed by atoms with Crippen molar-refractivity contribution < 1.29 is 22.4 Å². The number of carbonyl (C=O) groups is 1. The molecule has 2 unspecified atom stereocenters. The van der Waals surface area contributed by atoms with Crippen LogP contribution in [0.2, 0.25) is 0 Å². The first kappa shape index (κ1) is 9.48. The number of rotatable bonds is 2. The van der Waals surface area contributed by atoms with Crippen molar-refractivity contribution in [2.45, 2.75) is 31.6 Å². The Morgan fingerprint density at radius 1 is 1.50 bits per heavy atom. The summed E-state index contributed by atoms with van der Waals surface area (Å²) in [6.45, 7) is 1.30. The molecule has 0 radical (unpaired) electrons. The molecule has 1 rings (SSSR count). The molecule has 1 aliphatic carbocycles. The smallest absolute Gasteiger partial charge is 0.302 e. The third-order valence-corrected chi connectivity index (χ3v) is 2.50. The largest absolute Gasteiger partial charge is 0.404 e. The van der Waals surface area contributed by atoms with Gasteiger partial charge in [0.05, 0.1) is 0 Å². The highest BCUT2D eigenvalue weighted by Gasteiger charge is 2.81. The van der Waals surface area contributed by atoms with E-state index in [0.717, 1.165) is 0 Å². The predicted molar refractivity (Wildman–Crippen MR) is 33.3 cm³/mol. The second-order valence-corrected chi connectivity index (χ2v) is 3.08. The van der Waals surface area contributed by atoms with Crippen LogP contribution in [0.1, 0.15) is 19.8 Å². The van der Waals surface area contributed by atoms with Crippen molar-refractivity contribution in [3.63, 3.8) is 0 Å². The lowest BCUT2D eigenvalue weighted by molar-refractivity contribution is -0.194. The second-order valence-electron chi connectivity index (χ2n) is 3.08. The lowest BCUT2D eigenvalue weighted by Crippen LogP contribution is -2.33. The summed E-state index contributed by atoms with van der Waals surface area (Å²) in [5, 5.41) is 0. The van der Waals surface area contributed by atoms with Crippen molar-refractivity contribution >= 4 is 6.29 Å². The van der Waals surface area contributed by atoms with Gasteiger partial charge >= 0.3 is 6.18 Å². The monoisotopic (exact) mass is 184 g/mol. The lowest BCUT2D eigenvalue weighted by atomic mass is 10.0. The zero-order valence-electron chi connectivity index (χ0n) is 6.41. The number of aldehydes is 1. The lowest BCUT2D eigenvalue weighted by Gasteiger charge is -2.16. The van der Waals surface area contributed by atoms with Gasteiger partial charge in [0, 0.05) is 6.42 Å². The van der Waals surface area contributed by atoms with E-state index in [9.17, 15) is 22.4 Å². The van der Waals surface area contributed by atoms with Gasteiger partial charge in [-0.2, -0.15) is 13.2 Å². The van der Waals surface area contributed by atoms with Gasteiger partial charge < -0.3 is 4.79 Å². The summed E-state index contributed by atoms with van der Waals surface area (Å²) in [6.07, 6.45) is -6.05. The third kappa shape index (κ3) is 0.881. The number of carbonyl (C=O) groups excluding carboxylic acids is 1. The first-order chi connectivity index (χ1) is 5.33. The van der Waals surface area contributed by atoms with Crippen molar-refractivity contribution in [2.24, 2.45) is 5.41 Å². The molecule has 0 aromatic carbocycles. The quantitative estimate of drug-likeness (QED) is 0.475. The topological polar surface area (TPSA) is 17.1 Å². The summed E-state index contributed by atoms with van der Waals surface area (Å²) in [6, 6.07) is 0. The molecule has 0 aromatic heterocycles. The van der Waals surface area contributed by atoms with Crippen molar-refractivity contribution in [1.82, 2.24) is 0 Å². The van der Waals surface area contributed by atoms with Crippen LogP contribution >= 0.6 is 0 Å². The van der Waals surface area contributed by atoms with Gasteiger partial charge in [0.1, 0.15) is 12.0 Å². The molecule has 1 saturated carbocycles. The molecule has 0 aromatic rings. The number of hydrogen-bond acceptors (Lipinski definition) is 1. The van der Waals surface area contributed by atoms with Crippen molar-refractivity contribution in [2.75, 3.05) is 0 Å². The molecule has 1 fully saturated rings. The fourth-order valence-corrected chi connectivity index (χ4v) is 1.41. The SMILES string of the molecule is CCC1(F)CC1(C=O)C(F)(F)F. The number of hydrogen-bond donors (Lipinski definition) is 0. The van der Waals surface area contributed by atoms with Crippen LogP contribution in [0.4, 0.5) is 17.6 Å². The summed E-state index contributed by atoms with van der Waals surface area (Å²) >= 11 is 0. The van der Waals surface area contributed by atoms with Gasteiger partial charge in [-0.3, -0.25) is 0 Å². The minimum Gasteiger partial charge on any atom is -0.302 e. The molecule has 1 aliphatic rings. The summed E-state index contributed by atoms with van der Waals surface area (Å²) in [5.41, 5.74) is -5.07. The Kier molecular flexibility index (Phi) is 1.74. The molecule has 2 atom stereocenters. The molecule has 0 aliphatic heterocycles. The Bertz CT molecular complexity index is 212. The van der Waals surface area contributed by atoms with Crippen LogP contribution in [-0.4, -0.2) is 18.1 Å². The molecule has 1 nitrogen and oxygen atoms in total. The Hall–Kier alpha value is -0.610. The Morgan fingerprint density at radius 3 is 2.08 bits per heavy atom. The maximum Gasteiger partial charge on any atom is 0.404 e. The van der Waals surface area contributed by atoms with Crippen LogP contribution in [-0.2, 0) is 4.79 Å². The second kappa shape index (κ2) is 2.20. The zero-order chi connectivity index (χ0) is 9.62. The standard InChI is InChI=1S/C7H8F4O/c1-2-6(8)3-5(6,4-12)7(9,10)11/h4H,2-3H2,1H3. The van der Waals surface area contributed by atoms with E-state index in [1.165, 1.54) is 6.92 Å². The van der Waals surface area contributed by atoms with Gasteiger partial charge in [-0.1, -0.05) is 6.92 Å². The highest BCUT2D eigenvalue weighted by atomic mass is 19.4. The normalized spacial score (nSPS) is 41.1. The molecule has 0 heterocycles. The average molecular weight is 184 g/mol. The molecule has 12 heavy (non-hydrogen) atoms. The first-order valence-corrected chi connectivity index (χ1v) is 3.55. The maximum atomic E-state index is 13.1. The summed E-state index contributed by atoms with van der Waals surface area (Å²) in [7, 11) is 0. The van der Waals surface area contributed by atoms with Crippen LogP contribution in [0.3, 0.4) is 0 Å². The molecule has 0 saturated heterocycles. The molecule has 0 bridgehead atoms. The highest BCUT2D eigenvalue weighted by Crippen LogP contribution is 2.67. The molecular weight excluding hydrogens is 176 g/mol. The molecular formula is C7H8F4O. The van der Waals surface area contributed by atoms with E-state index in [2.05, 4.69) is 0 Å². The molecule has 5 heteroatoms. The van der Waals surface area contributed by atoms with Gasteiger partial charge in [-0.25, -0.2) is 4.39 Å². The molecule has 0 N–H and O–H groups in total. The van der Waals surface area contributed by atoms with Gasteiger partial charge in [-0.15, -0.1) is 0 Å². The Balaban J connectivity index is 2.93. The number of alkyl halides is 4. The van der Waals surface area contributed by atoms with E-state index in [1.54, 1.807) is 0 Å². The van der Waals surface area contributed by atoms with E-state index in [-0.39, 0.29) is 12.7 Å². The summed E-state index contributed by atoms with van der Waals surface area (Å²) in [4.78, 5) is 10.2. The Labute approximate surface area is 66.7 Å². The van der Waals surface area contributed by atoms with Crippen molar-refractivity contribution in [3.8, 4) is 0 Å². The maximum absolute atomic E-state index is 13.1.